The van der Waals surface area contributed by atoms with E-state index in [0.29, 0.717) is 25.3 Å². The third kappa shape index (κ3) is 4.35. The number of rotatable bonds is 5. The highest BCUT2D eigenvalue weighted by Crippen LogP contribution is 2.26. The lowest BCUT2D eigenvalue weighted by molar-refractivity contribution is -0.140. The highest BCUT2D eigenvalue weighted by atomic mass is 16.5. The SMILES string of the molecule is CC1C(=O)N(c2ccc(Oc3ccccc3)cc2)CCN1C(=O)Cc1ccccc1. The Kier molecular flexibility index (Phi) is 5.80. The molecule has 0 aliphatic carbocycles. The number of ether oxygens (including phenoxy) is 1. The molecule has 0 N–H and O–H groups in total. The highest BCUT2D eigenvalue weighted by molar-refractivity contribution is 6.00. The molecule has 1 unspecified atom stereocenters. The van der Waals surface area contributed by atoms with E-state index in [2.05, 4.69) is 0 Å². The summed E-state index contributed by atoms with van der Waals surface area (Å²) >= 11 is 0. The van der Waals surface area contributed by atoms with Crippen molar-refractivity contribution >= 4 is 17.5 Å². The summed E-state index contributed by atoms with van der Waals surface area (Å²) in [6.45, 7) is 2.79. The van der Waals surface area contributed by atoms with Crippen LogP contribution in [0.3, 0.4) is 0 Å². The lowest BCUT2D eigenvalue weighted by atomic mass is 10.1. The van der Waals surface area contributed by atoms with Crippen molar-refractivity contribution in [2.45, 2.75) is 19.4 Å². The quantitative estimate of drug-likeness (QED) is 0.642. The largest absolute Gasteiger partial charge is 0.457 e. The van der Waals surface area contributed by atoms with E-state index in [-0.39, 0.29) is 11.8 Å². The Morgan fingerprint density at radius 3 is 2.13 bits per heavy atom. The maximum absolute atomic E-state index is 13.0. The van der Waals surface area contributed by atoms with Crippen LogP contribution in [0.25, 0.3) is 0 Å². The summed E-state index contributed by atoms with van der Waals surface area (Å²) in [6, 6.07) is 26.2. The first-order valence-corrected chi connectivity index (χ1v) is 10.1. The Morgan fingerprint density at radius 1 is 0.867 bits per heavy atom. The predicted molar refractivity (Wildman–Crippen MR) is 117 cm³/mol. The fourth-order valence-corrected chi connectivity index (χ4v) is 3.66. The molecule has 1 fully saturated rings. The van der Waals surface area contributed by atoms with E-state index in [1.165, 1.54) is 0 Å². The van der Waals surface area contributed by atoms with E-state index in [4.69, 9.17) is 4.74 Å². The molecule has 1 aliphatic heterocycles. The van der Waals surface area contributed by atoms with Gasteiger partial charge in [0.2, 0.25) is 11.8 Å². The number of nitrogens with zero attached hydrogens (tertiary/aromatic N) is 2. The molecule has 3 aromatic rings. The Labute approximate surface area is 176 Å². The van der Waals surface area contributed by atoms with Gasteiger partial charge in [-0.15, -0.1) is 0 Å². The van der Waals surface area contributed by atoms with Crippen LogP contribution < -0.4 is 9.64 Å². The number of piperazine rings is 1. The third-order valence-electron chi connectivity index (χ3n) is 5.30. The molecule has 0 aromatic heterocycles. The summed E-state index contributed by atoms with van der Waals surface area (Å²) in [5, 5.41) is 0. The van der Waals surface area contributed by atoms with Crippen LogP contribution in [0.4, 0.5) is 5.69 Å². The van der Waals surface area contributed by atoms with Crippen molar-refractivity contribution in [2.24, 2.45) is 0 Å². The van der Waals surface area contributed by atoms with Crippen LogP contribution in [0, 0.1) is 0 Å². The minimum atomic E-state index is -0.491. The van der Waals surface area contributed by atoms with Crippen molar-refractivity contribution in [3.8, 4) is 11.5 Å². The van der Waals surface area contributed by atoms with Crippen LogP contribution in [0.15, 0.2) is 84.9 Å². The molecule has 1 aliphatic rings. The van der Waals surface area contributed by atoms with Crippen LogP contribution >= 0.6 is 0 Å². The number of benzene rings is 3. The summed E-state index contributed by atoms with van der Waals surface area (Å²) in [5.41, 5.74) is 1.76. The maximum Gasteiger partial charge on any atom is 0.249 e. The summed E-state index contributed by atoms with van der Waals surface area (Å²) in [6.07, 6.45) is 0.310. The lowest BCUT2D eigenvalue weighted by Crippen LogP contribution is -2.58. The topological polar surface area (TPSA) is 49.9 Å². The molecule has 1 saturated heterocycles. The molecule has 0 bridgehead atoms. The van der Waals surface area contributed by atoms with Gasteiger partial charge in [0.1, 0.15) is 17.5 Å². The number of amides is 2. The number of hydrogen-bond donors (Lipinski definition) is 0. The van der Waals surface area contributed by atoms with E-state index >= 15 is 0 Å². The molecule has 3 aromatic carbocycles. The average Bonchev–Trinajstić information content (AvgIpc) is 2.78. The molecule has 0 saturated carbocycles. The van der Waals surface area contributed by atoms with Crippen molar-refractivity contribution in [1.29, 1.82) is 0 Å². The monoisotopic (exact) mass is 400 g/mol. The zero-order valence-corrected chi connectivity index (χ0v) is 16.9. The minimum absolute atomic E-state index is 0.0201. The number of carbonyl (C=O) groups is 2. The molecular formula is C25H24N2O3. The van der Waals surface area contributed by atoms with Gasteiger partial charge in [-0.3, -0.25) is 9.59 Å². The molecule has 152 valence electrons. The van der Waals surface area contributed by atoms with Crippen molar-refractivity contribution in [3.05, 3.63) is 90.5 Å². The van der Waals surface area contributed by atoms with E-state index in [1.807, 2.05) is 84.9 Å². The Hall–Kier alpha value is -3.60. The highest BCUT2D eigenvalue weighted by Gasteiger charge is 2.34. The molecule has 4 rings (SSSR count). The van der Waals surface area contributed by atoms with Crippen LogP contribution in [0.5, 0.6) is 11.5 Å². The van der Waals surface area contributed by atoms with E-state index in [0.717, 1.165) is 17.0 Å². The molecular weight excluding hydrogens is 376 g/mol. The van der Waals surface area contributed by atoms with Crippen molar-refractivity contribution in [3.63, 3.8) is 0 Å². The van der Waals surface area contributed by atoms with Crippen molar-refractivity contribution in [1.82, 2.24) is 4.90 Å². The summed E-state index contributed by atoms with van der Waals surface area (Å²) in [5.74, 6) is 1.38. The molecule has 0 radical (unpaired) electrons. The van der Waals surface area contributed by atoms with Gasteiger partial charge < -0.3 is 14.5 Å². The van der Waals surface area contributed by atoms with Gasteiger partial charge in [0.25, 0.3) is 0 Å². The number of carbonyl (C=O) groups excluding carboxylic acids is 2. The van der Waals surface area contributed by atoms with E-state index < -0.39 is 6.04 Å². The summed E-state index contributed by atoms with van der Waals surface area (Å²) < 4.78 is 5.82. The van der Waals surface area contributed by atoms with Gasteiger partial charge in [-0.05, 0) is 48.9 Å². The summed E-state index contributed by atoms with van der Waals surface area (Å²) in [7, 11) is 0. The third-order valence-corrected chi connectivity index (χ3v) is 5.30. The van der Waals surface area contributed by atoms with Gasteiger partial charge in [0.15, 0.2) is 0 Å². The second kappa shape index (κ2) is 8.82. The van der Waals surface area contributed by atoms with Crippen molar-refractivity contribution in [2.75, 3.05) is 18.0 Å². The van der Waals surface area contributed by atoms with E-state index in [9.17, 15) is 9.59 Å². The first-order valence-electron chi connectivity index (χ1n) is 10.1. The normalized spacial score (nSPS) is 16.4. The van der Waals surface area contributed by atoms with Crippen LogP contribution in [0.1, 0.15) is 12.5 Å². The number of para-hydroxylation sites is 1. The van der Waals surface area contributed by atoms with E-state index in [1.54, 1.807) is 16.7 Å². The Balaban J connectivity index is 1.40. The second-order valence-electron chi connectivity index (χ2n) is 7.32. The number of hydrogen-bond acceptors (Lipinski definition) is 3. The fourth-order valence-electron chi connectivity index (χ4n) is 3.66. The molecule has 5 heteroatoms. The molecule has 1 atom stereocenters. The molecule has 1 heterocycles. The first-order chi connectivity index (χ1) is 14.6. The molecule has 2 amide bonds. The first kappa shape index (κ1) is 19.7. The summed E-state index contributed by atoms with van der Waals surface area (Å²) in [4.78, 5) is 29.1. The van der Waals surface area contributed by atoms with Gasteiger partial charge in [-0.25, -0.2) is 0 Å². The smallest absolute Gasteiger partial charge is 0.249 e. The van der Waals surface area contributed by atoms with Gasteiger partial charge in [0.05, 0.1) is 6.42 Å². The lowest BCUT2D eigenvalue weighted by Gasteiger charge is -2.39. The molecule has 0 spiro atoms. The van der Waals surface area contributed by atoms with Crippen LogP contribution in [-0.4, -0.2) is 35.8 Å². The zero-order chi connectivity index (χ0) is 20.9. The van der Waals surface area contributed by atoms with Crippen LogP contribution in [-0.2, 0) is 16.0 Å². The maximum atomic E-state index is 13.0. The van der Waals surface area contributed by atoms with Crippen molar-refractivity contribution < 1.29 is 14.3 Å². The standard InChI is InChI=1S/C25H24N2O3/c1-19-25(29)27(17-16-26(19)24(28)18-20-8-4-2-5-9-20)21-12-14-23(15-13-21)30-22-10-6-3-7-11-22/h2-15,19H,16-18H2,1H3. The van der Waals surface area contributed by atoms with Crippen LogP contribution in [0.2, 0.25) is 0 Å². The molecule has 5 nitrogen and oxygen atoms in total. The zero-order valence-electron chi connectivity index (χ0n) is 16.9. The average molecular weight is 400 g/mol. The molecule has 30 heavy (non-hydrogen) atoms. The predicted octanol–water partition coefficient (Wildman–Crippen LogP) is 4.29. The van der Waals surface area contributed by atoms with Gasteiger partial charge >= 0.3 is 0 Å². The fraction of sp³-hybridized carbons (Fsp3) is 0.200. The minimum Gasteiger partial charge on any atom is -0.457 e. The van der Waals surface area contributed by atoms with Gasteiger partial charge in [-0.1, -0.05) is 48.5 Å². The number of anilines is 1. The second-order valence-corrected chi connectivity index (χ2v) is 7.32. The van der Waals surface area contributed by atoms with Gasteiger partial charge in [-0.2, -0.15) is 0 Å². The Morgan fingerprint density at radius 2 is 1.47 bits per heavy atom. The Bertz CT molecular complexity index is 1000. The van der Waals surface area contributed by atoms with Gasteiger partial charge in [0, 0.05) is 18.8 Å².